The number of carbonyl (C=O) groups is 1. The van der Waals surface area contributed by atoms with Gasteiger partial charge in [-0.2, -0.15) is 0 Å². The van der Waals surface area contributed by atoms with E-state index in [9.17, 15) is 14.4 Å². The number of amides is 1. The lowest BCUT2D eigenvalue weighted by atomic mass is 10.1. The van der Waals surface area contributed by atoms with Crippen molar-refractivity contribution in [3.05, 3.63) is 67.2 Å². The van der Waals surface area contributed by atoms with Crippen molar-refractivity contribution in [2.24, 2.45) is 14.1 Å². The number of aryl methyl sites for hydroxylation is 2. The van der Waals surface area contributed by atoms with Crippen LogP contribution in [0, 0.1) is 6.92 Å². The number of fused-ring (bicyclic) bond motifs is 1. The molecule has 0 aliphatic rings. The molecule has 1 N–H and O–H groups in total. The van der Waals surface area contributed by atoms with Gasteiger partial charge in [0, 0.05) is 20.6 Å². The third-order valence-corrected chi connectivity index (χ3v) is 5.13. The fourth-order valence-corrected chi connectivity index (χ4v) is 3.47. The van der Waals surface area contributed by atoms with Gasteiger partial charge in [0.15, 0.2) is 0 Å². The number of nitrogens with zero attached hydrogens (tertiary/aromatic N) is 2. The molecule has 7 heteroatoms. The first kappa shape index (κ1) is 16.2. The van der Waals surface area contributed by atoms with Crippen LogP contribution in [0.4, 0.5) is 0 Å². The van der Waals surface area contributed by atoms with Gasteiger partial charge in [0.2, 0.25) is 0 Å². The normalized spacial score (nSPS) is 11.0. The summed E-state index contributed by atoms with van der Waals surface area (Å²) in [5.41, 5.74) is 1.37. The Morgan fingerprint density at radius 1 is 1.12 bits per heavy atom. The molecule has 1 amide bonds. The summed E-state index contributed by atoms with van der Waals surface area (Å²) in [6, 6.07) is 9.44. The molecule has 0 aliphatic heterocycles. The van der Waals surface area contributed by atoms with Crippen molar-refractivity contribution < 1.29 is 4.79 Å². The zero-order valence-corrected chi connectivity index (χ0v) is 14.4. The molecule has 0 saturated carbocycles. The Labute approximate surface area is 142 Å². The molecule has 3 aromatic rings. The van der Waals surface area contributed by atoms with Gasteiger partial charge in [-0.1, -0.05) is 29.8 Å². The van der Waals surface area contributed by atoms with Crippen LogP contribution in [0.1, 0.15) is 20.8 Å². The molecule has 0 unspecified atom stereocenters. The molecule has 124 valence electrons. The van der Waals surface area contributed by atoms with E-state index < -0.39 is 5.69 Å². The van der Waals surface area contributed by atoms with Crippen LogP contribution in [0.15, 0.2) is 39.9 Å². The van der Waals surface area contributed by atoms with Crippen LogP contribution >= 0.6 is 11.3 Å². The number of rotatable bonds is 3. The maximum absolute atomic E-state index is 12.4. The highest BCUT2D eigenvalue weighted by Crippen LogP contribution is 2.21. The van der Waals surface area contributed by atoms with Crippen molar-refractivity contribution in [3.63, 3.8) is 0 Å². The van der Waals surface area contributed by atoms with Crippen LogP contribution in [0.3, 0.4) is 0 Å². The predicted octanol–water partition coefficient (Wildman–Crippen LogP) is 1.54. The van der Waals surface area contributed by atoms with Gasteiger partial charge in [0.1, 0.15) is 4.83 Å². The molecule has 2 aromatic heterocycles. The Bertz CT molecular complexity index is 1040. The van der Waals surface area contributed by atoms with Crippen LogP contribution in [0.5, 0.6) is 0 Å². The summed E-state index contributed by atoms with van der Waals surface area (Å²) in [5.74, 6) is -0.258. The summed E-state index contributed by atoms with van der Waals surface area (Å²) in [7, 11) is 3.02. The average Bonchev–Trinajstić information content (AvgIpc) is 3.03. The van der Waals surface area contributed by atoms with E-state index in [1.807, 2.05) is 31.2 Å². The SMILES string of the molecule is Cc1ccc(CNC(=O)c2cc3c(=O)n(C)c(=O)n(C)c3s2)cc1. The monoisotopic (exact) mass is 343 g/mol. The highest BCUT2D eigenvalue weighted by Gasteiger charge is 2.16. The lowest BCUT2D eigenvalue weighted by Gasteiger charge is -2.04. The minimum Gasteiger partial charge on any atom is -0.347 e. The second-order valence-corrected chi connectivity index (χ2v) is 6.73. The smallest absolute Gasteiger partial charge is 0.331 e. The third-order valence-electron chi connectivity index (χ3n) is 3.92. The lowest BCUT2D eigenvalue weighted by molar-refractivity contribution is 0.0955. The van der Waals surface area contributed by atoms with E-state index in [-0.39, 0.29) is 11.5 Å². The van der Waals surface area contributed by atoms with E-state index >= 15 is 0 Å². The van der Waals surface area contributed by atoms with Crippen molar-refractivity contribution in [3.8, 4) is 0 Å². The molecular formula is C17H17N3O3S. The summed E-state index contributed by atoms with van der Waals surface area (Å²) in [6.07, 6.45) is 0. The number of carbonyl (C=O) groups excluding carboxylic acids is 1. The first-order valence-corrected chi connectivity index (χ1v) is 8.23. The molecule has 0 bridgehead atoms. The van der Waals surface area contributed by atoms with E-state index in [0.29, 0.717) is 21.6 Å². The minimum absolute atomic E-state index is 0.258. The first-order valence-electron chi connectivity index (χ1n) is 7.42. The van der Waals surface area contributed by atoms with E-state index in [1.54, 1.807) is 13.1 Å². The number of hydrogen-bond acceptors (Lipinski definition) is 4. The van der Waals surface area contributed by atoms with Crippen molar-refractivity contribution in [1.29, 1.82) is 0 Å². The van der Waals surface area contributed by atoms with Gasteiger partial charge in [-0.3, -0.25) is 18.7 Å². The van der Waals surface area contributed by atoms with E-state index in [4.69, 9.17) is 0 Å². The highest BCUT2D eigenvalue weighted by atomic mass is 32.1. The Morgan fingerprint density at radius 3 is 2.46 bits per heavy atom. The van der Waals surface area contributed by atoms with E-state index in [2.05, 4.69) is 5.32 Å². The van der Waals surface area contributed by atoms with E-state index in [0.717, 1.165) is 27.0 Å². The molecule has 0 spiro atoms. The lowest BCUT2D eigenvalue weighted by Crippen LogP contribution is -2.36. The molecule has 0 saturated heterocycles. The van der Waals surface area contributed by atoms with Crippen molar-refractivity contribution in [1.82, 2.24) is 14.5 Å². The highest BCUT2D eigenvalue weighted by molar-refractivity contribution is 7.20. The maximum Gasteiger partial charge on any atom is 0.331 e. The van der Waals surface area contributed by atoms with Gasteiger partial charge in [-0.05, 0) is 18.6 Å². The molecular weight excluding hydrogens is 326 g/mol. The fraction of sp³-hybridized carbons (Fsp3) is 0.235. The summed E-state index contributed by atoms with van der Waals surface area (Å²) in [6.45, 7) is 2.41. The van der Waals surface area contributed by atoms with Gasteiger partial charge < -0.3 is 5.32 Å². The number of aromatic nitrogens is 2. The number of thiophene rings is 1. The Balaban J connectivity index is 1.89. The number of hydrogen-bond donors (Lipinski definition) is 1. The predicted molar refractivity (Wildman–Crippen MR) is 94.7 cm³/mol. The molecule has 6 nitrogen and oxygen atoms in total. The van der Waals surface area contributed by atoms with Crippen molar-refractivity contribution in [2.45, 2.75) is 13.5 Å². The topological polar surface area (TPSA) is 73.1 Å². The second-order valence-electron chi connectivity index (χ2n) is 5.70. The number of benzene rings is 1. The molecule has 3 rings (SSSR count). The van der Waals surface area contributed by atoms with Gasteiger partial charge >= 0.3 is 5.69 Å². The van der Waals surface area contributed by atoms with Crippen LogP contribution in [-0.4, -0.2) is 15.0 Å². The molecule has 0 atom stereocenters. The zero-order chi connectivity index (χ0) is 17.4. The third kappa shape index (κ3) is 2.78. The molecule has 2 heterocycles. The standard InChI is InChI=1S/C17H17N3O3S/c1-10-4-6-11(7-5-10)9-18-14(21)13-8-12-15(22)19(2)17(23)20(3)16(12)24-13/h4-8H,9H2,1-3H3,(H,18,21). The summed E-state index contributed by atoms with van der Waals surface area (Å²) in [5, 5.41) is 3.22. The molecule has 0 aliphatic carbocycles. The molecule has 1 aromatic carbocycles. The first-order chi connectivity index (χ1) is 11.4. The van der Waals surface area contributed by atoms with E-state index in [1.165, 1.54) is 11.6 Å². The molecule has 0 radical (unpaired) electrons. The molecule has 0 fully saturated rings. The average molecular weight is 343 g/mol. The van der Waals surface area contributed by atoms with Crippen LogP contribution in [0.2, 0.25) is 0 Å². The van der Waals surface area contributed by atoms with Gasteiger partial charge in [0.25, 0.3) is 11.5 Å². The quantitative estimate of drug-likeness (QED) is 0.784. The largest absolute Gasteiger partial charge is 0.347 e. The van der Waals surface area contributed by atoms with Crippen molar-refractivity contribution >= 4 is 27.5 Å². The van der Waals surface area contributed by atoms with Gasteiger partial charge in [-0.25, -0.2) is 4.79 Å². The Kier molecular flexibility index (Phi) is 4.11. The fourth-order valence-electron chi connectivity index (χ4n) is 2.45. The van der Waals surface area contributed by atoms with Gasteiger partial charge in [-0.15, -0.1) is 11.3 Å². The molecule has 24 heavy (non-hydrogen) atoms. The summed E-state index contributed by atoms with van der Waals surface area (Å²) < 4.78 is 2.43. The summed E-state index contributed by atoms with van der Waals surface area (Å²) >= 11 is 1.14. The second kappa shape index (κ2) is 6.09. The summed E-state index contributed by atoms with van der Waals surface area (Å²) in [4.78, 5) is 37.4. The van der Waals surface area contributed by atoms with Gasteiger partial charge in [0.05, 0.1) is 10.3 Å². The van der Waals surface area contributed by atoms with Crippen LogP contribution in [0.25, 0.3) is 10.2 Å². The van der Waals surface area contributed by atoms with Crippen LogP contribution < -0.4 is 16.6 Å². The minimum atomic E-state index is -0.402. The Morgan fingerprint density at radius 2 is 1.79 bits per heavy atom. The zero-order valence-electron chi connectivity index (χ0n) is 13.6. The number of nitrogens with one attached hydrogen (secondary N) is 1. The Hall–Kier alpha value is -2.67. The van der Waals surface area contributed by atoms with Crippen LogP contribution in [-0.2, 0) is 20.6 Å². The maximum atomic E-state index is 12.4. The van der Waals surface area contributed by atoms with Crippen molar-refractivity contribution in [2.75, 3.05) is 0 Å².